The fraction of sp³-hybridized carbons (Fsp3) is 0.706. The molecule has 1 aliphatic rings. The monoisotopic (exact) mass is 291 g/mol. The first kappa shape index (κ1) is 16.2. The number of hydrogen-bond acceptors (Lipinski definition) is 4. The lowest BCUT2D eigenvalue weighted by Gasteiger charge is -2.15. The molecular weight excluding hydrogens is 262 g/mol. The lowest BCUT2D eigenvalue weighted by Crippen LogP contribution is -2.25. The summed E-state index contributed by atoms with van der Waals surface area (Å²) >= 11 is 0. The van der Waals surface area contributed by atoms with Crippen LogP contribution in [0.4, 0.5) is 0 Å². The van der Waals surface area contributed by atoms with Gasteiger partial charge in [0.1, 0.15) is 6.61 Å². The summed E-state index contributed by atoms with van der Waals surface area (Å²) in [6.07, 6.45) is 2.66. The molecule has 0 spiro atoms. The fourth-order valence-corrected chi connectivity index (χ4v) is 2.67. The van der Waals surface area contributed by atoms with Gasteiger partial charge in [0.25, 0.3) is 0 Å². The van der Waals surface area contributed by atoms with Crippen LogP contribution in [0, 0.1) is 12.8 Å². The maximum absolute atomic E-state index is 5.84. The number of ether oxygens (including phenoxy) is 1. The van der Waals surface area contributed by atoms with Crippen molar-refractivity contribution in [2.75, 3.05) is 32.8 Å². The van der Waals surface area contributed by atoms with Crippen LogP contribution in [0.1, 0.15) is 37.9 Å². The molecule has 4 heteroatoms. The smallest absolute Gasteiger partial charge is 0.213 e. The van der Waals surface area contributed by atoms with Gasteiger partial charge in [0, 0.05) is 24.8 Å². The summed E-state index contributed by atoms with van der Waals surface area (Å²) in [5, 5.41) is 3.46. The molecule has 2 heterocycles. The molecule has 2 rings (SSSR count). The first-order chi connectivity index (χ1) is 10.1. The predicted molar refractivity (Wildman–Crippen MR) is 86.7 cm³/mol. The van der Waals surface area contributed by atoms with Crippen LogP contribution in [-0.2, 0) is 6.54 Å². The van der Waals surface area contributed by atoms with Crippen LogP contribution < -0.4 is 10.1 Å². The van der Waals surface area contributed by atoms with E-state index in [0.717, 1.165) is 37.8 Å². The summed E-state index contributed by atoms with van der Waals surface area (Å²) in [5.74, 6) is 1.43. The van der Waals surface area contributed by atoms with Gasteiger partial charge < -0.3 is 10.1 Å². The minimum Gasteiger partial charge on any atom is -0.476 e. The quantitative estimate of drug-likeness (QED) is 0.799. The zero-order chi connectivity index (χ0) is 15.1. The Hall–Kier alpha value is -1.13. The van der Waals surface area contributed by atoms with Crippen molar-refractivity contribution in [3.05, 3.63) is 23.4 Å². The van der Waals surface area contributed by atoms with Gasteiger partial charge >= 0.3 is 0 Å². The van der Waals surface area contributed by atoms with E-state index in [1.54, 1.807) is 0 Å². The topological polar surface area (TPSA) is 37.4 Å². The third-order valence-corrected chi connectivity index (χ3v) is 3.73. The van der Waals surface area contributed by atoms with Crippen molar-refractivity contribution < 1.29 is 4.74 Å². The van der Waals surface area contributed by atoms with Crippen LogP contribution in [0.15, 0.2) is 12.1 Å². The van der Waals surface area contributed by atoms with Crippen molar-refractivity contribution >= 4 is 0 Å². The van der Waals surface area contributed by atoms with Gasteiger partial charge in [-0.05, 0) is 56.9 Å². The van der Waals surface area contributed by atoms with E-state index in [-0.39, 0.29) is 0 Å². The molecule has 0 saturated carbocycles. The van der Waals surface area contributed by atoms with E-state index in [0.29, 0.717) is 5.92 Å². The Labute approximate surface area is 128 Å². The van der Waals surface area contributed by atoms with Crippen molar-refractivity contribution in [3.63, 3.8) is 0 Å². The van der Waals surface area contributed by atoms with Crippen LogP contribution >= 0.6 is 0 Å². The summed E-state index contributed by atoms with van der Waals surface area (Å²) in [5.41, 5.74) is 2.27. The zero-order valence-corrected chi connectivity index (χ0v) is 13.7. The molecule has 21 heavy (non-hydrogen) atoms. The Morgan fingerprint density at radius 2 is 2.05 bits per heavy atom. The molecule has 1 fully saturated rings. The highest BCUT2D eigenvalue weighted by atomic mass is 16.5. The van der Waals surface area contributed by atoms with Crippen LogP contribution in [0.2, 0.25) is 0 Å². The number of nitrogens with zero attached hydrogens (tertiary/aromatic N) is 2. The molecule has 4 nitrogen and oxygen atoms in total. The number of pyridine rings is 1. The molecule has 0 aromatic carbocycles. The number of aromatic nitrogens is 1. The van der Waals surface area contributed by atoms with Gasteiger partial charge in [0.05, 0.1) is 0 Å². The lowest BCUT2D eigenvalue weighted by atomic mass is 10.2. The largest absolute Gasteiger partial charge is 0.476 e. The first-order valence-corrected chi connectivity index (χ1v) is 8.17. The average Bonchev–Trinajstić information content (AvgIpc) is 2.91. The van der Waals surface area contributed by atoms with Gasteiger partial charge in [-0.3, -0.25) is 4.90 Å². The van der Waals surface area contributed by atoms with Crippen LogP contribution in [-0.4, -0.2) is 42.7 Å². The molecule has 1 aliphatic heterocycles. The molecule has 1 N–H and O–H groups in total. The normalized spacial score (nSPS) is 15.8. The van der Waals surface area contributed by atoms with Gasteiger partial charge in [0.15, 0.2) is 0 Å². The summed E-state index contributed by atoms with van der Waals surface area (Å²) < 4.78 is 5.84. The molecule has 118 valence electrons. The summed E-state index contributed by atoms with van der Waals surface area (Å²) in [6, 6.07) is 4.19. The van der Waals surface area contributed by atoms with E-state index in [4.69, 9.17) is 4.74 Å². The molecule has 0 atom stereocenters. The molecule has 0 aliphatic carbocycles. The lowest BCUT2D eigenvalue weighted by molar-refractivity contribution is 0.231. The molecule has 1 saturated heterocycles. The minimum atomic E-state index is 0.670. The summed E-state index contributed by atoms with van der Waals surface area (Å²) in [4.78, 5) is 6.93. The van der Waals surface area contributed by atoms with Gasteiger partial charge in [-0.1, -0.05) is 13.8 Å². The van der Waals surface area contributed by atoms with Crippen molar-refractivity contribution in [3.8, 4) is 5.88 Å². The van der Waals surface area contributed by atoms with Crippen molar-refractivity contribution in [2.24, 2.45) is 5.92 Å². The van der Waals surface area contributed by atoms with Crippen molar-refractivity contribution in [1.82, 2.24) is 15.2 Å². The molecule has 0 unspecified atom stereocenters. The number of rotatable bonds is 8. The second-order valence-corrected chi connectivity index (χ2v) is 6.38. The number of aryl methyl sites for hydroxylation is 1. The van der Waals surface area contributed by atoms with Crippen LogP contribution in [0.3, 0.4) is 0 Å². The second-order valence-electron chi connectivity index (χ2n) is 6.38. The Morgan fingerprint density at radius 3 is 2.76 bits per heavy atom. The zero-order valence-electron chi connectivity index (χ0n) is 13.7. The van der Waals surface area contributed by atoms with E-state index >= 15 is 0 Å². The number of hydrogen-bond donors (Lipinski definition) is 1. The Balaban J connectivity index is 1.79. The summed E-state index contributed by atoms with van der Waals surface area (Å²) in [6.45, 7) is 12.6. The van der Waals surface area contributed by atoms with Gasteiger partial charge in [0.2, 0.25) is 5.88 Å². The SMILES string of the molecule is Cc1cc(CNCC(C)C)cc(OCCN2CCCC2)n1. The van der Waals surface area contributed by atoms with Crippen LogP contribution in [0.25, 0.3) is 0 Å². The predicted octanol–water partition coefficient (Wildman–Crippen LogP) is 2.61. The minimum absolute atomic E-state index is 0.670. The highest BCUT2D eigenvalue weighted by Crippen LogP contribution is 2.13. The van der Waals surface area contributed by atoms with Crippen molar-refractivity contribution in [2.45, 2.75) is 40.2 Å². The van der Waals surface area contributed by atoms with E-state index in [1.165, 1.54) is 31.5 Å². The number of likely N-dealkylation sites (tertiary alicyclic amines) is 1. The highest BCUT2D eigenvalue weighted by Gasteiger charge is 2.11. The first-order valence-electron chi connectivity index (χ1n) is 8.17. The Kier molecular flexibility index (Phi) is 6.46. The standard InChI is InChI=1S/C17H29N3O/c1-14(2)12-18-13-16-10-15(3)19-17(11-16)21-9-8-20-6-4-5-7-20/h10-11,14,18H,4-9,12-13H2,1-3H3. The Morgan fingerprint density at radius 1 is 1.29 bits per heavy atom. The van der Waals surface area contributed by atoms with Crippen LogP contribution in [0.5, 0.6) is 5.88 Å². The van der Waals surface area contributed by atoms with E-state index in [2.05, 4.69) is 41.2 Å². The maximum atomic E-state index is 5.84. The molecule has 0 bridgehead atoms. The van der Waals surface area contributed by atoms with Gasteiger partial charge in [-0.25, -0.2) is 4.98 Å². The number of nitrogens with one attached hydrogen (secondary N) is 1. The van der Waals surface area contributed by atoms with Gasteiger partial charge in [-0.2, -0.15) is 0 Å². The molecular formula is C17H29N3O. The second kappa shape index (κ2) is 8.35. The van der Waals surface area contributed by atoms with Crippen molar-refractivity contribution in [1.29, 1.82) is 0 Å². The van der Waals surface area contributed by atoms with Gasteiger partial charge in [-0.15, -0.1) is 0 Å². The molecule has 0 radical (unpaired) electrons. The average molecular weight is 291 g/mol. The molecule has 1 aromatic heterocycles. The maximum Gasteiger partial charge on any atom is 0.213 e. The molecule has 1 aromatic rings. The summed E-state index contributed by atoms with van der Waals surface area (Å²) in [7, 11) is 0. The van der Waals surface area contributed by atoms with E-state index < -0.39 is 0 Å². The third-order valence-electron chi connectivity index (χ3n) is 3.73. The third kappa shape index (κ3) is 6.02. The highest BCUT2D eigenvalue weighted by molar-refractivity contribution is 5.24. The fourth-order valence-electron chi connectivity index (χ4n) is 2.67. The van der Waals surface area contributed by atoms with E-state index in [9.17, 15) is 0 Å². The Bertz CT molecular complexity index is 428. The van der Waals surface area contributed by atoms with E-state index in [1.807, 2.05) is 6.92 Å². The molecule has 0 amide bonds.